The van der Waals surface area contributed by atoms with E-state index in [1.165, 1.54) is 12.6 Å². The summed E-state index contributed by atoms with van der Waals surface area (Å²) in [4.78, 5) is 10.8. The number of nitrogens with zero attached hydrogens (tertiary/aromatic N) is 4. The molecule has 0 radical (unpaired) electrons. The van der Waals surface area contributed by atoms with Gasteiger partial charge in [-0.1, -0.05) is 12.8 Å². The molecule has 2 fully saturated rings. The summed E-state index contributed by atoms with van der Waals surface area (Å²) in [6, 6.07) is 2.34. The Morgan fingerprint density at radius 3 is 2.81 bits per heavy atom. The quantitative estimate of drug-likeness (QED) is 0.902. The molecule has 3 atom stereocenters. The van der Waals surface area contributed by atoms with Crippen LogP contribution in [0.25, 0.3) is 0 Å². The second-order valence-corrected chi connectivity index (χ2v) is 6.48. The van der Waals surface area contributed by atoms with Crippen LogP contribution in [0.4, 0.5) is 5.82 Å². The van der Waals surface area contributed by atoms with Crippen LogP contribution in [0.1, 0.15) is 51.1 Å². The Morgan fingerprint density at radius 1 is 1.29 bits per heavy atom. The third-order valence-electron chi connectivity index (χ3n) is 5.06. The van der Waals surface area contributed by atoms with Gasteiger partial charge in [-0.25, -0.2) is 9.97 Å². The van der Waals surface area contributed by atoms with E-state index in [9.17, 15) is 5.11 Å². The average Bonchev–Trinajstić information content (AvgIpc) is 2.96. The average molecular weight is 286 g/mol. The van der Waals surface area contributed by atoms with E-state index in [4.69, 9.17) is 5.26 Å². The molecule has 2 heterocycles. The fourth-order valence-corrected chi connectivity index (χ4v) is 3.97. The first-order chi connectivity index (χ1) is 10.1. The number of aromatic nitrogens is 2. The second-order valence-electron chi connectivity index (χ2n) is 6.48. The van der Waals surface area contributed by atoms with Crippen molar-refractivity contribution in [2.24, 2.45) is 5.92 Å². The summed E-state index contributed by atoms with van der Waals surface area (Å²) < 4.78 is 0. The molecular formula is C16H22N4O. The van der Waals surface area contributed by atoms with E-state index in [0.717, 1.165) is 44.5 Å². The Kier molecular flexibility index (Phi) is 3.81. The summed E-state index contributed by atoms with van der Waals surface area (Å²) in [5.74, 6) is 1.13. The molecule has 1 aromatic heterocycles. The second kappa shape index (κ2) is 5.61. The first kappa shape index (κ1) is 14.3. The van der Waals surface area contributed by atoms with Gasteiger partial charge in [0.1, 0.15) is 11.9 Å². The first-order valence-electron chi connectivity index (χ1n) is 7.83. The lowest BCUT2D eigenvalue weighted by molar-refractivity contribution is -0.0411. The van der Waals surface area contributed by atoms with E-state index in [0.29, 0.717) is 17.7 Å². The SMILES string of the molecule is CC1(O)CCCCC1C1CCCN1c1cnc(C#N)cn1. The van der Waals surface area contributed by atoms with Gasteiger partial charge in [-0.05, 0) is 32.6 Å². The van der Waals surface area contributed by atoms with E-state index in [-0.39, 0.29) is 0 Å². The zero-order valence-electron chi connectivity index (χ0n) is 12.5. The zero-order chi connectivity index (χ0) is 14.9. The molecular weight excluding hydrogens is 264 g/mol. The zero-order valence-corrected chi connectivity index (χ0v) is 12.5. The molecule has 1 aliphatic heterocycles. The molecule has 1 saturated carbocycles. The lowest BCUT2D eigenvalue weighted by Gasteiger charge is -2.43. The molecule has 1 aromatic rings. The lowest BCUT2D eigenvalue weighted by Crippen LogP contribution is -2.49. The van der Waals surface area contributed by atoms with Crippen molar-refractivity contribution < 1.29 is 5.11 Å². The molecule has 1 saturated heterocycles. The van der Waals surface area contributed by atoms with E-state index in [1.807, 2.05) is 13.0 Å². The molecule has 3 rings (SSSR count). The van der Waals surface area contributed by atoms with Crippen molar-refractivity contribution in [2.45, 2.75) is 57.1 Å². The molecule has 1 aliphatic carbocycles. The van der Waals surface area contributed by atoms with E-state index in [2.05, 4.69) is 14.9 Å². The van der Waals surface area contributed by atoms with Crippen LogP contribution in [-0.4, -0.2) is 33.3 Å². The van der Waals surface area contributed by atoms with Crippen LogP contribution >= 0.6 is 0 Å². The fourth-order valence-electron chi connectivity index (χ4n) is 3.97. The molecule has 0 spiro atoms. The number of hydrogen-bond donors (Lipinski definition) is 1. The number of hydrogen-bond acceptors (Lipinski definition) is 5. The predicted octanol–water partition coefficient (Wildman–Crippen LogP) is 2.26. The molecule has 3 unspecified atom stereocenters. The summed E-state index contributed by atoms with van der Waals surface area (Å²) in [6.45, 7) is 2.94. The molecule has 0 aromatic carbocycles. The van der Waals surface area contributed by atoms with Crippen molar-refractivity contribution >= 4 is 5.82 Å². The Balaban J connectivity index is 1.83. The maximum absolute atomic E-state index is 10.7. The number of anilines is 1. The third-order valence-corrected chi connectivity index (χ3v) is 5.06. The normalized spacial score (nSPS) is 32.9. The van der Waals surface area contributed by atoms with Crippen molar-refractivity contribution in [3.05, 3.63) is 18.1 Å². The molecule has 0 bridgehead atoms. The van der Waals surface area contributed by atoms with Crippen LogP contribution in [0.15, 0.2) is 12.4 Å². The molecule has 5 heteroatoms. The molecule has 2 aliphatic rings. The van der Waals surface area contributed by atoms with Gasteiger partial charge in [-0.3, -0.25) is 0 Å². The largest absolute Gasteiger partial charge is 0.390 e. The van der Waals surface area contributed by atoms with Gasteiger partial charge >= 0.3 is 0 Å². The molecule has 1 N–H and O–H groups in total. The molecule has 0 amide bonds. The maximum Gasteiger partial charge on any atom is 0.158 e. The van der Waals surface area contributed by atoms with Crippen LogP contribution in [0.2, 0.25) is 0 Å². The van der Waals surface area contributed by atoms with Gasteiger partial charge in [0.25, 0.3) is 0 Å². The van der Waals surface area contributed by atoms with Gasteiger partial charge in [0, 0.05) is 18.5 Å². The minimum atomic E-state index is -0.578. The van der Waals surface area contributed by atoms with Crippen molar-refractivity contribution in [2.75, 3.05) is 11.4 Å². The highest BCUT2D eigenvalue weighted by Gasteiger charge is 2.43. The minimum absolute atomic E-state index is 0.297. The Hall–Kier alpha value is -1.67. The first-order valence-corrected chi connectivity index (χ1v) is 7.83. The van der Waals surface area contributed by atoms with Gasteiger partial charge in [-0.2, -0.15) is 5.26 Å². The molecule has 112 valence electrons. The minimum Gasteiger partial charge on any atom is -0.390 e. The van der Waals surface area contributed by atoms with Crippen LogP contribution in [0.5, 0.6) is 0 Å². The summed E-state index contributed by atoms with van der Waals surface area (Å²) in [6.07, 6.45) is 9.73. The van der Waals surface area contributed by atoms with Gasteiger partial charge in [0.2, 0.25) is 0 Å². The molecule has 21 heavy (non-hydrogen) atoms. The summed E-state index contributed by atoms with van der Waals surface area (Å²) in [5, 5.41) is 19.6. The Labute approximate surface area is 125 Å². The van der Waals surface area contributed by atoms with Crippen molar-refractivity contribution in [1.82, 2.24) is 9.97 Å². The highest BCUT2D eigenvalue weighted by Crippen LogP contribution is 2.41. The predicted molar refractivity (Wildman–Crippen MR) is 79.7 cm³/mol. The van der Waals surface area contributed by atoms with E-state index < -0.39 is 5.60 Å². The maximum atomic E-state index is 10.7. The van der Waals surface area contributed by atoms with Crippen molar-refractivity contribution in [3.63, 3.8) is 0 Å². The highest BCUT2D eigenvalue weighted by molar-refractivity contribution is 5.40. The number of nitriles is 1. The van der Waals surface area contributed by atoms with Crippen LogP contribution in [0.3, 0.4) is 0 Å². The standard InChI is InChI=1S/C16H22N4O/c1-16(21)7-3-2-5-13(16)14-6-4-8-20(14)15-11-18-12(9-17)10-19-15/h10-11,13-14,21H,2-8H2,1H3. The van der Waals surface area contributed by atoms with Crippen LogP contribution in [-0.2, 0) is 0 Å². The van der Waals surface area contributed by atoms with Gasteiger partial charge < -0.3 is 10.0 Å². The van der Waals surface area contributed by atoms with Crippen molar-refractivity contribution in [3.8, 4) is 6.07 Å². The summed E-state index contributed by atoms with van der Waals surface area (Å²) in [7, 11) is 0. The monoisotopic (exact) mass is 286 g/mol. The van der Waals surface area contributed by atoms with Crippen molar-refractivity contribution in [1.29, 1.82) is 5.26 Å². The highest BCUT2D eigenvalue weighted by atomic mass is 16.3. The Bertz CT molecular complexity index is 534. The molecule has 5 nitrogen and oxygen atoms in total. The summed E-state index contributed by atoms with van der Waals surface area (Å²) in [5.41, 5.74) is -0.231. The Morgan fingerprint density at radius 2 is 2.14 bits per heavy atom. The topological polar surface area (TPSA) is 73.0 Å². The smallest absolute Gasteiger partial charge is 0.158 e. The van der Waals surface area contributed by atoms with Crippen LogP contribution < -0.4 is 4.90 Å². The number of aliphatic hydroxyl groups is 1. The van der Waals surface area contributed by atoms with E-state index >= 15 is 0 Å². The number of rotatable bonds is 2. The fraction of sp³-hybridized carbons (Fsp3) is 0.688. The van der Waals surface area contributed by atoms with Gasteiger partial charge in [-0.15, -0.1) is 0 Å². The summed E-state index contributed by atoms with van der Waals surface area (Å²) >= 11 is 0. The van der Waals surface area contributed by atoms with Crippen LogP contribution in [0, 0.1) is 17.2 Å². The van der Waals surface area contributed by atoms with Gasteiger partial charge in [0.05, 0.1) is 18.0 Å². The van der Waals surface area contributed by atoms with Gasteiger partial charge in [0.15, 0.2) is 5.69 Å². The lowest BCUT2D eigenvalue weighted by atomic mass is 9.72. The third kappa shape index (κ3) is 2.73. The van der Waals surface area contributed by atoms with E-state index in [1.54, 1.807) is 6.20 Å².